The Morgan fingerprint density at radius 3 is 2.65 bits per heavy atom. The number of anilines is 1. The maximum Gasteiger partial charge on any atom is 0.362 e. The fourth-order valence-corrected chi connectivity index (χ4v) is 4.36. The number of aromatic nitrogens is 3. The van der Waals surface area contributed by atoms with Crippen molar-refractivity contribution in [1.29, 1.82) is 5.41 Å². The highest BCUT2D eigenvalue weighted by molar-refractivity contribution is 7.84. The van der Waals surface area contributed by atoms with E-state index in [9.17, 15) is 18.0 Å². The number of β-lactam (4-membered cyclic amide) rings is 1. The van der Waals surface area contributed by atoms with Crippen molar-refractivity contribution in [1.82, 2.24) is 24.4 Å². The van der Waals surface area contributed by atoms with E-state index in [-0.39, 0.29) is 45.6 Å². The summed E-state index contributed by atoms with van der Waals surface area (Å²) in [6, 6.07) is -0.754. The van der Waals surface area contributed by atoms with Crippen molar-refractivity contribution < 1.29 is 32.1 Å². The van der Waals surface area contributed by atoms with Crippen molar-refractivity contribution in [2.24, 2.45) is 17.9 Å². The van der Waals surface area contributed by atoms with Gasteiger partial charge in [-0.15, -0.1) is 11.3 Å². The number of nitrogen functional groups attached to an aromatic ring is 2. The molecule has 16 nitrogen and oxygen atoms in total. The van der Waals surface area contributed by atoms with Crippen LogP contribution in [0.4, 0.5) is 5.13 Å². The number of carbonyl (C=O) groups is 2. The smallest absolute Gasteiger partial charge is 0.362 e. The van der Waals surface area contributed by atoms with Gasteiger partial charge in [0, 0.05) is 18.5 Å². The number of carbonyl (C=O) groups excluding carboxylic acids is 2. The molecule has 2 atom stereocenters. The maximum atomic E-state index is 12.7. The van der Waals surface area contributed by atoms with Crippen LogP contribution in [0.2, 0.25) is 0 Å². The van der Waals surface area contributed by atoms with Gasteiger partial charge in [-0.05, 0) is 6.92 Å². The van der Waals surface area contributed by atoms with Gasteiger partial charge in [-0.2, -0.15) is 13.5 Å². The molecule has 0 spiro atoms. The largest absolute Gasteiger partial charge is 0.474 e. The zero-order chi connectivity index (χ0) is 25.2. The average Bonchev–Trinajstić information content (AvgIpc) is 3.33. The monoisotopic (exact) mass is 515 g/mol. The van der Waals surface area contributed by atoms with Gasteiger partial charge in [0.25, 0.3) is 11.8 Å². The second-order valence-corrected chi connectivity index (χ2v) is 9.08. The minimum Gasteiger partial charge on any atom is -0.474 e. The van der Waals surface area contributed by atoms with Gasteiger partial charge in [0.1, 0.15) is 29.9 Å². The van der Waals surface area contributed by atoms with E-state index in [1.165, 1.54) is 23.1 Å². The molecule has 1 aliphatic rings. The van der Waals surface area contributed by atoms with Crippen LogP contribution in [0.5, 0.6) is 5.88 Å². The van der Waals surface area contributed by atoms with E-state index in [2.05, 4.69) is 20.6 Å². The minimum absolute atomic E-state index is 0.00402. The molecule has 1 aliphatic heterocycles. The molecule has 2 amide bonds. The molecular formula is C16H21N9O7S2. The number of rotatable bonds is 10. The van der Waals surface area contributed by atoms with Gasteiger partial charge >= 0.3 is 10.3 Å². The number of aryl methyl sites for hydroxylation is 1. The van der Waals surface area contributed by atoms with Crippen LogP contribution in [-0.4, -0.2) is 80.7 Å². The highest BCUT2D eigenvalue weighted by Crippen LogP contribution is 2.23. The first-order valence-corrected chi connectivity index (χ1v) is 11.7. The maximum absolute atomic E-state index is 12.7. The summed E-state index contributed by atoms with van der Waals surface area (Å²) < 4.78 is 38.6. The lowest BCUT2D eigenvalue weighted by molar-refractivity contribution is -0.143. The van der Waals surface area contributed by atoms with Gasteiger partial charge in [0.2, 0.25) is 5.88 Å². The van der Waals surface area contributed by atoms with Crippen molar-refractivity contribution in [3.63, 3.8) is 0 Å². The standard InChI is InChI=1S/C16H21N9O7S2/c1-7-11(15(27)25(7)34(28,29)30)21-14(26)12(9-6-33-16(19)20-9)23-32-4-3-31-10-5-8(13(17)18)22-24(10)2/h5-7,11H,3-4H2,1-2H3,(H3,17,18)(H2,19,20)(H,21,26)(H,28,29,30)/t7-,11-/m0/s1. The summed E-state index contributed by atoms with van der Waals surface area (Å²) in [4.78, 5) is 33.9. The Kier molecular flexibility index (Phi) is 7.03. The van der Waals surface area contributed by atoms with Gasteiger partial charge in [0.05, 0.1) is 6.04 Å². The summed E-state index contributed by atoms with van der Waals surface area (Å²) in [5, 5.41) is 19.1. The molecule has 0 aromatic carbocycles. The molecule has 0 aliphatic carbocycles. The second kappa shape index (κ2) is 9.61. The van der Waals surface area contributed by atoms with Crippen LogP contribution in [0.15, 0.2) is 16.6 Å². The number of hydrogen-bond acceptors (Lipinski definition) is 12. The summed E-state index contributed by atoms with van der Waals surface area (Å²) in [7, 11) is -3.14. The van der Waals surface area contributed by atoms with E-state index >= 15 is 0 Å². The van der Waals surface area contributed by atoms with Crippen molar-refractivity contribution >= 4 is 50.1 Å². The molecule has 184 valence electrons. The highest BCUT2D eigenvalue weighted by atomic mass is 32.2. The van der Waals surface area contributed by atoms with Gasteiger partial charge in [-0.3, -0.25) is 19.6 Å². The molecule has 2 aromatic heterocycles. The Labute approximate surface area is 196 Å². The number of oxime groups is 1. The van der Waals surface area contributed by atoms with E-state index < -0.39 is 34.2 Å². The Morgan fingerprint density at radius 1 is 1.41 bits per heavy atom. The second-order valence-electron chi connectivity index (χ2n) is 6.90. The predicted molar refractivity (Wildman–Crippen MR) is 119 cm³/mol. The van der Waals surface area contributed by atoms with Crippen LogP contribution in [0, 0.1) is 5.41 Å². The van der Waals surface area contributed by atoms with E-state index in [4.69, 9.17) is 31.0 Å². The number of amidine groups is 1. The normalized spacial score (nSPS) is 18.4. The zero-order valence-corrected chi connectivity index (χ0v) is 19.5. The molecule has 18 heteroatoms. The molecular weight excluding hydrogens is 494 g/mol. The number of nitrogens with zero attached hydrogens (tertiary/aromatic N) is 5. The first kappa shape index (κ1) is 24.9. The van der Waals surface area contributed by atoms with Crippen molar-refractivity contribution in [2.45, 2.75) is 19.0 Å². The average molecular weight is 516 g/mol. The van der Waals surface area contributed by atoms with Crippen molar-refractivity contribution in [3.05, 3.63) is 22.8 Å². The number of amides is 2. The Hall–Kier alpha value is -3.77. The summed E-state index contributed by atoms with van der Waals surface area (Å²) in [6.45, 7) is 1.23. The molecule has 3 rings (SSSR count). The van der Waals surface area contributed by atoms with Gasteiger partial charge in [-0.1, -0.05) is 5.16 Å². The molecule has 1 saturated heterocycles. The third-order valence-corrected chi connectivity index (χ3v) is 6.23. The number of hydrogen-bond donors (Lipinski definition) is 5. The summed E-state index contributed by atoms with van der Waals surface area (Å²) in [5.74, 6) is -1.77. The third kappa shape index (κ3) is 5.24. The molecule has 34 heavy (non-hydrogen) atoms. The first-order valence-electron chi connectivity index (χ1n) is 9.44. The lowest BCUT2D eigenvalue weighted by atomic mass is 10.0. The molecule has 2 aromatic rings. The zero-order valence-electron chi connectivity index (χ0n) is 17.8. The molecule has 0 bridgehead atoms. The van der Waals surface area contributed by atoms with Gasteiger partial charge in [0.15, 0.2) is 17.5 Å². The Balaban J connectivity index is 1.64. The molecule has 7 N–H and O–H groups in total. The molecule has 3 heterocycles. The van der Waals surface area contributed by atoms with Crippen LogP contribution in [0.25, 0.3) is 0 Å². The van der Waals surface area contributed by atoms with E-state index in [0.717, 1.165) is 11.3 Å². The van der Waals surface area contributed by atoms with E-state index in [1.54, 1.807) is 7.05 Å². The van der Waals surface area contributed by atoms with Crippen LogP contribution in [0.1, 0.15) is 18.3 Å². The SMILES string of the molecule is C[C@H]1[C@H](NC(=O)C(=NOCCOc2cc(C(=N)N)nn2C)c2csc(N)n2)C(=O)N1S(=O)(=O)O. The minimum atomic E-state index is -4.74. The molecule has 0 unspecified atom stereocenters. The number of nitrogens with two attached hydrogens (primary N) is 2. The quantitative estimate of drug-likeness (QED) is 0.0582. The van der Waals surface area contributed by atoms with Gasteiger partial charge in [-0.25, -0.2) is 14.0 Å². The fraction of sp³-hybridized carbons (Fsp3) is 0.375. The van der Waals surface area contributed by atoms with Crippen LogP contribution >= 0.6 is 11.3 Å². The Morgan fingerprint density at radius 2 is 2.12 bits per heavy atom. The summed E-state index contributed by atoms with van der Waals surface area (Å²) in [5.41, 5.74) is 11.0. The molecule has 0 radical (unpaired) electrons. The third-order valence-electron chi connectivity index (χ3n) is 4.54. The first-order chi connectivity index (χ1) is 15.9. The van der Waals surface area contributed by atoms with E-state index in [0.29, 0.717) is 5.88 Å². The molecule has 0 saturated carbocycles. The van der Waals surface area contributed by atoms with Crippen molar-refractivity contribution in [3.8, 4) is 5.88 Å². The fourth-order valence-electron chi connectivity index (χ4n) is 2.92. The van der Waals surface area contributed by atoms with Crippen LogP contribution in [0.3, 0.4) is 0 Å². The Bertz CT molecular complexity index is 1250. The predicted octanol–water partition coefficient (Wildman–Crippen LogP) is -1.94. The van der Waals surface area contributed by atoms with Gasteiger partial charge < -0.3 is 26.4 Å². The van der Waals surface area contributed by atoms with Crippen LogP contribution < -0.4 is 21.5 Å². The number of nitrogens with one attached hydrogen (secondary N) is 2. The summed E-state index contributed by atoms with van der Waals surface area (Å²) in [6.07, 6.45) is 0. The number of ether oxygens (including phenoxy) is 1. The van der Waals surface area contributed by atoms with Crippen LogP contribution in [-0.2, 0) is 31.8 Å². The van der Waals surface area contributed by atoms with E-state index in [1.807, 2.05) is 0 Å². The lowest BCUT2D eigenvalue weighted by Gasteiger charge is -2.42. The summed E-state index contributed by atoms with van der Waals surface area (Å²) >= 11 is 1.04. The number of thiazole rings is 1. The lowest BCUT2D eigenvalue weighted by Crippen LogP contribution is -2.71. The van der Waals surface area contributed by atoms with Crippen molar-refractivity contribution in [2.75, 3.05) is 18.9 Å². The highest BCUT2D eigenvalue weighted by Gasteiger charge is 2.51. The topological polar surface area (TPSA) is 241 Å². The molecule has 1 fully saturated rings.